The molecule has 1 rings (SSSR count). The van der Waals surface area contributed by atoms with Crippen LogP contribution in [0.15, 0.2) is 24.3 Å². The fourth-order valence-corrected chi connectivity index (χ4v) is 3.05. The summed E-state index contributed by atoms with van der Waals surface area (Å²) in [4.78, 5) is 0. The fourth-order valence-electron chi connectivity index (χ4n) is 2.64. The summed E-state index contributed by atoms with van der Waals surface area (Å²) in [5.41, 5.74) is 1.42. The number of benzene rings is 1. The van der Waals surface area contributed by atoms with Gasteiger partial charge in [-0.2, -0.15) is 12.6 Å². The first-order valence-corrected chi connectivity index (χ1v) is 8.14. The first-order chi connectivity index (χ1) is 9.69. The third-order valence-electron chi connectivity index (χ3n) is 3.73. The molecule has 0 unspecified atom stereocenters. The highest BCUT2D eigenvalue weighted by molar-refractivity contribution is 7.80. The highest BCUT2D eigenvalue weighted by Crippen LogP contribution is 2.32. The molecule has 0 aliphatic heterocycles. The molecule has 0 radical (unpaired) electrons. The quantitative estimate of drug-likeness (QED) is 0.629. The Morgan fingerprint density at radius 3 is 2.10 bits per heavy atom. The maximum Gasteiger partial charge on any atom is 0.118 e. The van der Waals surface area contributed by atoms with Crippen molar-refractivity contribution in [3.63, 3.8) is 0 Å². The number of hydrogen-bond donors (Lipinski definition) is 1. The lowest BCUT2D eigenvalue weighted by Crippen LogP contribution is -2.29. The summed E-state index contributed by atoms with van der Waals surface area (Å²) >= 11 is 4.56. The van der Waals surface area contributed by atoms with E-state index in [0.29, 0.717) is 6.61 Å². The van der Waals surface area contributed by atoms with Crippen LogP contribution in [0.3, 0.4) is 0 Å². The van der Waals surface area contributed by atoms with E-state index in [1.54, 1.807) is 7.11 Å². The highest BCUT2D eigenvalue weighted by atomic mass is 32.1. The minimum Gasteiger partial charge on any atom is -0.497 e. The molecule has 0 saturated carbocycles. The topological polar surface area (TPSA) is 18.5 Å². The maximum atomic E-state index is 5.97. The molecular weight excluding hydrogens is 268 g/mol. The molecule has 0 N–H and O–H groups in total. The van der Waals surface area contributed by atoms with Gasteiger partial charge < -0.3 is 9.47 Å². The maximum absolute atomic E-state index is 5.97. The third-order valence-corrected chi connectivity index (χ3v) is 4.40. The molecule has 3 heteroatoms. The Kier molecular flexibility index (Phi) is 8.08. The number of rotatable bonds is 10. The van der Waals surface area contributed by atoms with Crippen LogP contribution < -0.4 is 4.74 Å². The standard InChI is InChI=1S/C17H28O2S/c1-4-10-17(14-20,11-5-2)13-19-12-15-6-8-16(18-3)9-7-15/h6-9,20H,4-5,10-14H2,1-3H3. The summed E-state index contributed by atoms with van der Waals surface area (Å²) in [6.45, 7) is 5.92. The first-order valence-electron chi connectivity index (χ1n) is 7.51. The van der Waals surface area contributed by atoms with E-state index in [1.165, 1.54) is 31.2 Å². The second-order valence-corrected chi connectivity index (χ2v) is 5.82. The van der Waals surface area contributed by atoms with Gasteiger partial charge in [-0.25, -0.2) is 0 Å². The molecule has 0 atom stereocenters. The summed E-state index contributed by atoms with van der Waals surface area (Å²) in [6.07, 6.45) is 4.75. The predicted molar refractivity (Wildman–Crippen MR) is 88.8 cm³/mol. The molecule has 0 amide bonds. The lowest BCUT2D eigenvalue weighted by molar-refractivity contribution is 0.0350. The molecule has 0 aliphatic carbocycles. The van der Waals surface area contributed by atoms with Crippen molar-refractivity contribution < 1.29 is 9.47 Å². The molecular formula is C17H28O2S. The van der Waals surface area contributed by atoms with Crippen molar-refractivity contribution in [2.45, 2.75) is 46.1 Å². The van der Waals surface area contributed by atoms with Crippen LogP contribution in [-0.4, -0.2) is 19.5 Å². The number of ether oxygens (including phenoxy) is 2. The van der Waals surface area contributed by atoms with Crippen LogP contribution in [0.2, 0.25) is 0 Å². The van der Waals surface area contributed by atoms with Gasteiger partial charge in [-0.1, -0.05) is 38.8 Å². The van der Waals surface area contributed by atoms with Gasteiger partial charge in [0.1, 0.15) is 5.75 Å². The molecule has 1 aromatic rings. The zero-order chi connectivity index (χ0) is 14.8. The molecule has 0 fully saturated rings. The zero-order valence-corrected chi connectivity index (χ0v) is 13.9. The largest absolute Gasteiger partial charge is 0.497 e. The van der Waals surface area contributed by atoms with Gasteiger partial charge in [0.25, 0.3) is 0 Å². The van der Waals surface area contributed by atoms with Crippen molar-refractivity contribution in [2.24, 2.45) is 5.41 Å². The van der Waals surface area contributed by atoms with Gasteiger partial charge in [0.15, 0.2) is 0 Å². The summed E-state index contributed by atoms with van der Waals surface area (Å²) in [6, 6.07) is 8.06. The van der Waals surface area contributed by atoms with Gasteiger partial charge in [-0.05, 0) is 36.3 Å². The molecule has 0 spiro atoms. The second-order valence-electron chi connectivity index (χ2n) is 5.50. The second kappa shape index (κ2) is 9.30. The number of methoxy groups -OCH3 is 1. The van der Waals surface area contributed by atoms with Crippen LogP contribution in [0.25, 0.3) is 0 Å². The Hall–Kier alpha value is -0.670. The summed E-state index contributed by atoms with van der Waals surface area (Å²) in [5.74, 6) is 1.78. The average Bonchev–Trinajstić information content (AvgIpc) is 2.48. The molecule has 0 aliphatic rings. The monoisotopic (exact) mass is 296 g/mol. The number of hydrogen-bond acceptors (Lipinski definition) is 3. The van der Waals surface area contributed by atoms with E-state index in [0.717, 1.165) is 18.1 Å². The van der Waals surface area contributed by atoms with E-state index in [-0.39, 0.29) is 5.41 Å². The third kappa shape index (κ3) is 5.37. The summed E-state index contributed by atoms with van der Waals surface area (Å²) < 4.78 is 11.1. The van der Waals surface area contributed by atoms with Crippen LogP contribution in [0, 0.1) is 5.41 Å². The summed E-state index contributed by atoms with van der Waals surface area (Å²) in [7, 11) is 1.68. The Labute approximate surface area is 129 Å². The SMILES string of the molecule is CCCC(CS)(CCC)COCc1ccc(OC)cc1. The smallest absolute Gasteiger partial charge is 0.118 e. The Bertz CT molecular complexity index is 356. The molecule has 20 heavy (non-hydrogen) atoms. The van der Waals surface area contributed by atoms with Crippen molar-refractivity contribution in [1.29, 1.82) is 0 Å². The Balaban J connectivity index is 2.50. The van der Waals surface area contributed by atoms with E-state index >= 15 is 0 Å². The van der Waals surface area contributed by atoms with Gasteiger partial charge in [0.2, 0.25) is 0 Å². The summed E-state index contributed by atoms with van der Waals surface area (Å²) in [5, 5.41) is 0. The lowest BCUT2D eigenvalue weighted by atomic mass is 9.82. The van der Waals surface area contributed by atoms with Crippen LogP contribution in [0.5, 0.6) is 5.75 Å². The van der Waals surface area contributed by atoms with E-state index in [2.05, 4.69) is 38.6 Å². The number of thiol groups is 1. The Morgan fingerprint density at radius 2 is 1.65 bits per heavy atom. The van der Waals surface area contributed by atoms with E-state index in [1.807, 2.05) is 12.1 Å². The van der Waals surface area contributed by atoms with Crippen molar-refractivity contribution >= 4 is 12.6 Å². The normalized spacial score (nSPS) is 11.6. The van der Waals surface area contributed by atoms with Gasteiger partial charge in [-0.15, -0.1) is 0 Å². The van der Waals surface area contributed by atoms with Gasteiger partial charge >= 0.3 is 0 Å². The van der Waals surface area contributed by atoms with E-state index < -0.39 is 0 Å². The molecule has 0 heterocycles. The predicted octanol–water partition coefficient (Wildman–Crippen LogP) is 4.73. The van der Waals surface area contributed by atoms with Gasteiger partial charge in [-0.3, -0.25) is 0 Å². The highest BCUT2D eigenvalue weighted by Gasteiger charge is 2.27. The van der Waals surface area contributed by atoms with Crippen molar-refractivity contribution in [1.82, 2.24) is 0 Å². The molecule has 0 saturated heterocycles. The van der Waals surface area contributed by atoms with Crippen molar-refractivity contribution in [3.05, 3.63) is 29.8 Å². The first kappa shape index (κ1) is 17.4. The Morgan fingerprint density at radius 1 is 1.05 bits per heavy atom. The molecule has 2 nitrogen and oxygen atoms in total. The van der Waals surface area contributed by atoms with Gasteiger partial charge in [0, 0.05) is 5.41 Å². The minimum absolute atomic E-state index is 0.235. The van der Waals surface area contributed by atoms with Gasteiger partial charge in [0.05, 0.1) is 20.3 Å². The van der Waals surface area contributed by atoms with Crippen LogP contribution >= 0.6 is 12.6 Å². The zero-order valence-electron chi connectivity index (χ0n) is 13.0. The molecule has 0 aromatic heterocycles. The average molecular weight is 296 g/mol. The lowest BCUT2D eigenvalue weighted by Gasteiger charge is -2.31. The van der Waals surface area contributed by atoms with E-state index in [4.69, 9.17) is 9.47 Å². The van der Waals surface area contributed by atoms with Crippen LogP contribution in [0.1, 0.15) is 45.1 Å². The molecule has 0 bridgehead atoms. The fraction of sp³-hybridized carbons (Fsp3) is 0.647. The van der Waals surface area contributed by atoms with E-state index in [9.17, 15) is 0 Å². The van der Waals surface area contributed by atoms with Crippen molar-refractivity contribution in [3.8, 4) is 5.75 Å². The minimum atomic E-state index is 0.235. The van der Waals surface area contributed by atoms with Crippen LogP contribution in [-0.2, 0) is 11.3 Å². The van der Waals surface area contributed by atoms with Crippen LogP contribution in [0.4, 0.5) is 0 Å². The molecule has 1 aromatic carbocycles. The van der Waals surface area contributed by atoms with Crippen molar-refractivity contribution in [2.75, 3.05) is 19.5 Å². The molecule has 114 valence electrons.